The summed E-state index contributed by atoms with van der Waals surface area (Å²) in [6.07, 6.45) is 2.84. The Morgan fingerprint density at radius 3 is 2.82 bits per heavy atom. The summed E-state index contributed by atoms with van der Waals surface area (Å²) >= 11 is 0. The summed E-state index contributed by atoms with van der Waals surface area (Å²) in [5.41, 5.74) is 0.333. The highest BCUT2D eigenvalue weighted by Crippen LogP contribution is 2.36. The summed E-state index contributed by atoms with van der Waals surface area (Å²) in [6, 6.07) is 0. The van der Waals surface area contributed by atoms with Crippen molar-refractivity contribution in [3.05, 3.63) is 0 Å². The first-order valence-electron chi connectivity index (χ1n) is 6.73. The Labute approximate surface area is 106 Å². The van der Waals surface area contributed by atoms with Crippen LogP contribution in [0.1, 0.15) is 40.0 Å². The molecule has 1 saturated carbocycles. The van der Waals surface area contributed by atoms with Crippen LogP contribution in [0.15, 0.2) is 0 Å². The van der Waals surface area contributed by atoms with Gasteiger partial charge >= 0.3 is 0 Å². The van der Waals surface area contributed by atoms with Crippen molar-refractivity contribution in [2.45, 2.75) is 40.0 Å². The Hall–Kier alpha value is -0.410. The Balaban J connectivity index is 2.35. The van der Waals surface area contributed by atoms with Crippen molar-refractivity contribution < 1.29 is 9.53 Å². The number of carbonyl (C=O) groups excluding carboxylic acids is 1. The fourth-order valence-corrected chi connectivity index (χ4v) is 2.55. The molecule has 0 spiro atoms. The fourth-order valence-electron chi connectivity index (χ4n) is 2.55. The molecule has 0 bridgehead atoms. The zero-order valence-electron chi connectivity index (χ0n) is 11.8. The first-order chi connectivity index (χ1) is 7.94. The Morgan fingerprint density at radius 2 is 2.18 bits per heavy atom. The molecule has 3 heteroatoms. The molecule has 0 aromatic carbocycles. The lowest BCUT2D eigenvalue weighted by atomic mass is 9.71. The van der Waals surface area contributed by atoms with Crippen molar-refractivity contribution in [1.29, 1.82) is 0 Å². The average molecular weight is 241 g/mol. The van der Waals surface area contributed by atoms with Crippen LogP contribution in [0.2, 0.25) is 0 Å². The van der Waals surface area contributed by atoms with Gasteiger partial charge < -0.3 is 9.64 Å². The van der Waals surface area contributed by atoms with Gasteiger partial charge in [0.1, 0.15) is 5.78 Å². The lowest BCUT2D eigenvalue weighted by Gasteiger charge is -2.35. The molecule has 1 unspecified atom stereocenters. The number of hydrogen-bond acceptors (Lipinski definition) is 3. The molecule has 1 rings (SSSR count). The molecular weight excluding hydrogens is 214 g/mol. The summed E-state index contributed by atoms with van der Waals surface area (Å²) in [7, 11) is 2.08. The highest BCUT2D eigenvalue weighted by atomic mass is 16.5. The minimum atomic E-state index is 0.227. The standard InChI is InChI=1S/C14H27NO2/c1-5-17-9-8-15(4)11-12-10-14(2,3)7-6-13(12)16/h12H,5-11H2,1-4H3. The van der Waals surface area contributed by atoms with Gasteiger partial charge in [0.15, 0.2) is 0 Å². The Morgan fingerprint density at radius 1 is 1.47 bits per heavy atom. The van der Waals surface area contributed by atoms with E-state index in [0.717, 1.165) is 45.6 Å². The monoisotopic (exact) mass is 241 g/mol. The number of Topliss-reactive ketones (excluding diaryl/α,β-unsaturated/α-hetero) is 1. The van der Waals surface area contributed by atoms with Crippen LogP contribution in [0.25, 0.3) is 0 Å². The molecule has 0 saturated heterocycles. The quantitative estimate of drug-likeness (QED) is 0.669. The van der Waals surface area contributed by atoms with E-state index in [9.17, 15) is 4.79 Å². The number of nitrogens with zero attached hydrogens (tertiary/aromatic N) is 1. The van der Waals surface area contributed by atoms with Gasteiger partial charge in [0, 0.05) is 32.0 Å². The molecule has 0 aromatic heterocycles. The second kappa shape index (κ2) is 6.50. The maximum atomic E-state index is 11.9. The van der Waals surface area contributed by atoms with E-state index in [2.05, 4.69) is 25.8 Å². The van der Waals surface area contributed by atoms with Crippen LogP contribution in [0.5, 0.6) is 0 Å². The largest absolute Gasteiger partial charge is 0.380 e. The lowest BCUT2D eigenvalue weighted by Crippen LogP contribution is -2.38. The summed E-state index contributed by atoms with van der Waals surface area (Å²) in [5.74, 6) is 0.679. The van der Waals surface area contributed by atoms with Gasteiger partial charge in [-0.3, -0.25) is 4.79 Å². The van der Waals surface area contributed by atoms with E-state index in [4.69, 9.17) is 4.74 Å². The number of carbonyl (C=O) groups is 1. The number of likely N-dealkylation sites (N-methyl/N-ethyl adjacent to an activating group) is 1. The van der Waals surface area contributed by atoms with Crippen LogP contribution in [0, 0.1) is 11.3 Å². The average Bonchev–Trinajstić information content (AvgIpc) is 2.24. The maximum Gasteiger partial charge on any atom is 0.137 e. The molecule has 100 valence electrons. The van der Waals surface area contributed by atoms with Crippen molar-refractivity contribution >= 4 is 5.78 Å². The Kier molecular flexibility index (Phi) is 5.60. The van der Waals surface area contributed by atoms with Gasteiger partial charge in [0.2, 0.25) is 0 Å². The summed E-state index contributed by atoms with van der Waals surface area (Å²) in [4.78, 5) is 14.1. The second-order valence-corrected chi connectivity index (χ2v) is 5.99. The SMILES string of the molecule is CCOCCN(C)CC1CC(C)(C)CCC1=O. The third-order valence-electron chi connectivity index (χ3n) is 3.66. The first-order valence-corrected chi connectivity index (χ1v) is 6.73. The number of rotatable bonds is 6. The topological polar surface area (TPSA) is 29.5 Å². The van der Waals surface area contributed by atoms with Crippen molar-refractivity contribution in [1.82, 2.24) is 4.90 Å². The van der Waals surface area contributed by atoms with E-state index in [1.54, 1.807) is 0 Å². The molecule has 3 nitrogen and oxygen atoms in total. The van der Waals surface area contributed by atoms with Gasteiger partial charge in [-0.25, -0.2) is 0 Å². The van der Waals surface area contributed by atoms with Crippen LogP contribution in [-0.4, -0.2) is 44.0 Å². The highest BCUT2D eigenvalue weighted by molar-refractivity contribution is 5.82. The van der Waals surface area contributed by atoms with Gasteiger partial charge in [-0.05, 0) is 32.2 Å². The molecule has 0 amide bonds. The lowest BCUT2D eigenvalue weighted by molar-refractivity contribution is -0.127. The second-order valence-electron chi connectivity index (χ2n) is 5.99. The maximum absolute atomic E-state index is 11.9. The van der Waals surface area contributed by atoms with Crippen molar-refractivity contribution in [3.8, 4) is 0 Å². The molecule has 17 heavy (non-hydrogen) atoms. The van der Waals surface area contributed by atoms with Gasteiger partial charge in [-0.1, -0.05) is 13.8 Å². The van der Waals surface area contributed by atoms with Gasteiger partial charge in [-0.2, -0.15) is 0 Å². The van der Waals surface area contributed by atoms with Crippen molar-refractivity contribution in [2.75, 3.05) is 33.4 Å². The molecule has 0 N–H and O–H groups in total. The van der Waals surface area contributed by atoms with E-state index in [1.165, 1.54) is 0 Å². The van der Waals surface area contributed by atoms with E-state index in [-0.39, 0.29) is 5.92 Å². The molecular formula is C14H27NO2. The molecule has 0 heterocycles. The number of hydrogen-bond donors (Lipinski definition) is 0. The van der Waals surface area contributed by atoms with Crippen LogP contribution in [-0.2, 0) is 9.53 Å². The summed E-state index contributed by atoms with van der Waals surface area (Å²) < 4.78 is 5.33. The van der Waals surface area contributed by atoms with Crippen molar-refractivity contribution in [2.24, 2.45) is 11.3 Å². The Bertz CT molecular complexity index is 251. The summed E-state index contributed by atoms with van der Waals surface area (Å²) in [5, 5.41) is 0. The van der Waals surface area contributed by atoms with Crippen LogP contribution >= 0.6 is 0 Å². The molecule has 1 atom stereocenters. The van der Waals surface area contributed by atoms with E-state index >= 15 is 0 Å². The normalized spacial score (nSPS) is 24.3. The minimum Gasteiger partial charge on any atom is -0.380 e. The third kappa shape index (κ3) is 5.17. The molecule has 0 aromatic rings. The van der Waals surface area contributed by atoms with E-state index in [1.807, 2.05) is 6.92 Å². The molecule has 0 aliphatic heterocycles. The van der Waals surface area contributed by atoms with Gasteiger partial charge in [0.25, 0.3) is 0 Å². The van der Waals surface area contributed by atoms with Gasteiger partial charge in [0.05, 0.1) is 6.61 Å². The minimum absolute atomic E-state index is 0.227. The number of ether oxygens (including phenoxy) is 1. The van der Waals surface area contributed by atoms with E-state index in [0.29, 0.717) is 11.2 Å². The predicted molar refractivity (Wildman–Crippen MR) is 70.1 cm³/mol. The van der Waals surface area contributed by atoms with Crippen LogP contribution in [0.3, 0.4) is 0 Å². The highest BCUT2D eigenvalue weighted by Gasteiger charge is 2.33. The fraction of sp³-hybridized carbons (Fsp3) is 0.929. The van der Waals surface area contributed by atoms with Crippen LogP contribution in [0.4, 0.5) is 0 Å². The zero-order chi connectivity index (χ0) is 12.9. The van der Waals surface area contributed by atoms with E-state index < -0.39 is 0 Å². The molecule has 0 radical (unpaired) electrons. The van der Waals surface area contributed by atoms with Crippen molar-refractivity contribution in [3.63, 3.8) is 0 Å². The molecule has 1 aliphatic rings. The van der Waals surface area contributed by atoms with Gasteiger partial charge in [-0.15, -0.1) is 0 Å². The molecule has 1 aliphatic carbocycles. The predicted octanol–water partition coefficient (Wildman–Crippen LogP) is 2.35. The molecule has 1 fully saturated rings. The first kappa shape index (κ1) is 14.7. The smallest absolute Gasteiger partial charge is 0.137 e. The van der Waals surface area contributed by atoms with Crippen LogP contribution < -0.4 is 0 Å². The number of ketones is 1. The third-order valence-corrected chi connectivity index (χ3v) is 3.66. The summed E-state index contributed by atoms with van der Waals surface area (Å²) in [6.45, 7) is 9.88. The zero-order valence-corrected chi connectivity index (χ0v) is 11.8.